The molecule has 90 valence electrons. The first-order chi connectivity index (χ1) is 8.15. The highest BCUT2D eigenvalue weighted by atomic mass is 19.1. The lowest BCUT2D eigenvalue weighted by atomic mass is 9.71. The van der Waals surface area contributed by atoms with Gasteiger partial charge in [0.2, 0.25) is 0 Å². The van der Waals surface area contributed by atoms with Gasteiger partial charge in [-0.1, -0.05) is 25.3 Å². The van der Waals surface area contributed by atoms with E-state index >= 15 is 0 Å². The predicted molar refractivity (Wildman–Crippen MR) is 61.2 cm³/mol. The van der Waals surface area contributed by atoms with Gasteiger partial charge in [0.1, 0.15) is 11.6 Å². The molecule has 0 N–H and O–H groups in total. The summed E-state index contributed by atoms with van der Waals surface area (Å²) in [4.78, 5) is 0. The van der Waals surface area contributed by atoms with Gasteiger partial charge in [-0.2, -0.15) is 5.26 Å². The molecular weight excluding hydrogens is 220 g/mol. The Morgan fingerprint density at radius 1 is 1.18 bits per heavy atom. The minimum Gasteiger partial charge on any atom is -0.207 e. The lowest BCUT2D eigenvalue weighted by Gasteiger charge is -2.30. The van der Waals surface area contributed by atoms with Crippen molar-refractivity contribution in [1.82, 2.24) is 0 Å². The van der Waals surface area contributed by atoms with Crippen LogP contribution in [0.5, 0.6) is 0 Å². The molecule has 1 aromatic carbocycles. The number of rotatable bonds is 2. The van der Waals surface area contributed by atoms with Crippen LogP contribution in [0.4, 0.5) is 8.78 Å². The molecule has 1 fully saturated rings. The Morgan fingerprint density at radius 3 is 2.47 bits per heavy atom. The molecule has 1 aliphatic carbocycles. The minimum atomic E-state index is -0.569. The molecule has 0 aromatic heterocycles. The van der Waals surface area contributed by atoms with Gasteiger partial charge >= 0.3 is 0 Å². The first-order valence-corrected chi connectivity index (χ1v) is 6.00. The Balaban J connectivity index is 2.21. The van der Waals surface area contributed by atoms with Crippen molar-refractivity contribution < 1.29 is 8.78 Å². The van der Waals surface area contributed by atoms with Crippen LogP contribution < -0.4 is 0 Å². The van der Waals surface area contributed by atoms with Gasteiger partial charge in [0.15, 0.2) is 0 Å². The molecule has 0 unspecified atom stereocenters. The summed E-state index contributed by atoms with van der Waals surface area (Å²) in [7, 11) is 0. The van der Waals surface area contributed by atoms with Gasteiger partial charge in [-0.25, -0.2) is 8.78 Å². The zero-order valence-corrected chi connectivity index (χ0v) is 9.68. The van der Waals surface area contributed by atoms with Crippen LogP contribution in [0.25, 0.3) is 0 Å². The molecule has 1 aromatic rings. The van der Waals surface area contributed by atoms with E-state index in [4.69, 9.17) is 0 Å². The largest absolute Gasteiger partial charge is 0.207 e. The van der Waals surface area contributed by atoms with Crippen molar-refractivity contribution in [2.24, 2.45) is 5.41 Å². The van der Waals surface area contributed by atoms with E-state index in [1.54, 1.807) is 0 Å². The van der Waals surface area contributed by atoms with Crippen LogP contribution in [0.3, 0.4) is 0 Å². The normalized spacial score (nSPS) is 18.6. The van der Waals surface area contributed by atoms with Crippen molar-refractivity contribution in [2.45, 2.75) is 38.5 Å². The fourth-order valence-electron chi connectivity index (χ4n) is 2.59. The maximum atomic E-state index is 13.6. The SMILES string of the molecule is N#CC1(Cc2ccc(F)cc2F)CCCCC1. The van der Waals surface area contributed by atoms with Gasteiger partial charge in [0.05, 0.1) is 11.5 Å². The number of benzene rings is 1. The lowest BCUT2D eigenvalue weighted by molar-refractivity contribution is 0.263. The van der Waals surface area contributed by atoms with E-state index in [0.717, 1.165) is 38.2 Å². The first kappa shape index (κ1) is 12.0. The fraction of sp³-hybridized carbons (Fsp3) is 0.500. The molecule has 1 aliphatic rings. The molecule has 2 rings (SSSR count). The van der Waals surface area contributed by atoms with Gasteiger partial charge in [-0.05, 0) is 30.9 Å². The molecule has 3 heteroatoms. The molecule has 0 spiro atoms. The topological polar surface area (TPSA) is 23.8 Å². The molecule has 0 bridgehead atoms. The standard InChI is InChI=1S/C14H15F2N/c15-12-5-4-11(13(16)8-12)9-14(10-17)6-2-1-3-7-14/h4-5,8H,1-3,6-7,9H2. The van der Waals surface area contributed by atoms with Gasteiger partial charge in [-0.3, -0.25) is 0 Å². The molecule has 1 nitrogen and oxygen atoms in total. The maximum Gasteiger partial charge on any atom is 0.129 e. The molecule has 17 heavy (non-hydrogen) atoms. The van der Waals surface area contributed by atoms with Crippen LogP contribution >= 0.6 is 0 Å². The Labute approximate surface area is 100 Å². The number of hydrogen-bond acceptors (Lipinski definition) is 1. The molecule has 0 amide bonds. The van der Waals surface area contributed by atoms with Crippen molar-refractivity contribution in [3.05, 3.63) is 35.4 Å². The summed E-state index contributed by atoms with van der Waals surface area (Å²) in [6.07, 6.45) is 5.23. The average Bonchev–Trinajstić information content (AvgIpc) is 2.34. The van der Waals surface area contributed by atoms with E-state index in [9.17, 15) is 14.0 Å². The van der Waals surface area contributed by atoms with Crippen molar-refractivity contribution in [3.8, 4) is 6.07 Å². The molecule has 0 saturated heterocycles. The lowest BCUT2D eigenvalue weighted by Crippen LogP contribution is -2.25. The Morgan fingerprint density at radius 2 is 1.88 bits per heavy atom. The number of hydrogen-bond donors (Lipinski definition) is 0. The quantitative estimate of drug-likeness (QED) is 0.760. The van der Waals surface area contributed by atoms with E-state index in [-0.39, 0.29) is 0 Å². The van der Waals surface area contributed by atoms with E-state index < -0.39 is 17.0 Å². The summed E-state index contributed by atoms with van der Waals surface area (Å²) in [5, 5.41) is 9.30. The number of halogens is 2. The highest BCUT2D eigenvalue weighted by molar-refractivity contribution is 5.22. The Kier molecular flexibility index (Phi) is 3.42. The Hall–Kier alpha value is -1.43. The molecule has 1 saturated carbocycles. The fourth-order valence-corrected chi connectivity index (χ4v) is 2.59. The van der Waals surface area contributed by atoms with Gasteiger partial charge in [0.25, 0.3) is 0 Å². The second-order valence-electron chi connectivity index (χ2n) is 4.87. The van der Waals surface area contributed by atoms with Gasteiger partial charge in [-0.15, -0.1) is 0 Å². The smallest absolute Gasteiger partial charge is 0.129 e. The number of nitriles is 1. The summed E-state index contributed by atoms with van der Waals surface area (Å²) in [5.74, 6) is -1.11. The third-order valence-electron chi connectivity index (χ3n) is 3.59. The van der Waals surface area contributed by atoms with Crippen LogP contribution in [0.15, 0.2) is 18.2 Å². The molecule has 0 aliphatic heterocycles. The van der Waals surface area contributed by atoms with E-state index in [2.05, 4.69) is 6.07 Å². The van der Waals surface area contributed by atoms with Crippen LogP contribution in [-0.4, -0.2) is 0 Å². The Bertz CT molecular complexity index is 442. The summed E-state index contributed by atoms with van der Waals surface area (Å²) in [6.45, 7) is 0. The molecule has 0 atom stereocenters. The predicted octanol–water partition coefficient (Wildman–Crippen LogP) is 3.98. The zero-order valence-electron chi connectivity index (χ0n) is 9.68. The third-order valence-corrected chi connectivity index (χ3v) is 3.59. The van der Waals surface area contributed by atoms with E-state index in [0.29, 0.717) is 12.0 Å². The average molecular weight is 235 g/mol. The zero-order chi connectivity index (χ0) is 12.3. The first-order valence-electron chi connectivity index (χ1n) is 6.00. The summed E-state index contributed by atoms with van der Waals surface area (Å²) < 4.78 is 26.4. The van der Waals surface area contributed by atoms with Crippen LogP contribution in [-0.2, 0) is 6.42 Å². The van der Waals surface area contributed by atoms with Crippen molar-refractivity contribution >= 4 is 0 Å². The van der Waals surface area contributed by atoms with Crippen LogP contribution in [0, 0.1) is 28.4 Å². The molecule has 0 heterocycles. The minimum absolute atomic E-state index is 0.398. The van der Waals surface area contributed by atoms with Crippen LogP contribution in [0.1, 0.15) is 37.7 Å². The second-order valence-corrected chi connectivity index (χ2v) is 4.87. The highest BCUT2D eigenvalue weighted by Crippen LogP contribution is 2.39. The second kappa shape index (κ2) is 4.83. The number of nitrogens with zero attached hydrogens (tertiary/aromatic N) is 1. The summed E-state index contributed by atoms with van der Waals surface area (Å²) in [5.41, 5.74) is 0.00606. The summed E-state index contributed by atoms with van der Waals surface area (Å²) in [6, 6.07) is 5.95. The van der Waals surface area contributed by atoms with Crippen molar-refractivity contribution in [3.63, 3.8) is 0 Å². The third kappa shape index (κ3) is 2.63. The van der Waals surface area contributed by atoms with E-state index in [1.807, 2.05) is 0 Å². The molecular formula is C14H15F2N. The monoisotopic (exact) mass is 235 g/mol. The summed E-state index contributed by atoms with van der Waals surface area (Å²) >= 11 is 0. The van der Waals surface area contributed by atoms with Crippen LogP contribution in [0.2, 0.25) is 0 Å². The highest BCUT2D eigenvalue weighted by Gasteiger charge is 2.32. The van der Waals surface area contributed by atoms with Gasteiger partial charge in [0, 0.05) is 6.07 Å². The van der Waals surface area contributed by atoms with E-state index in [1.165, 1.54) is 12.1 Å². The van der Waals surface area contributed by atoms with Crippen molar-refractivity contribution in [1.29, 1.82) is 5.26 Å². The van der Waals surface area contributed by atoms with Gasteiger partial charge < -0.3 is 0 Å². The van der Waals surface area contributed by atoms with Crippen molar-refractivity contribution in [2.75, 3.05) is 0 Å². The maximum absolute atomic E-state index is 13.6. The molecule has 0 radical (unpaired) electrons.